The Bertz CT molecular complexity index is 815. The Kier molecular flexibility index (Phi) is 4.31. The van der Waals surface area contributed by atoms with Crippen LogP contribution in [-0.4, -0.2) is 38.8 Å². The Hall–Kier alpha value is -2.21. The van der Waals surface area contributed by atoms with Gasteiger partial charge in [-0.15, -0.1) is 0 Å². The highest BCUT2D eigenvalue weighted by molar-refractivity contribution is 5.91. The van der Waals surface area contributed by atoms with Gasteiger partial charge in [-0.3, -0.25) is 9.69 Å². The van der Waals surface area contributed by atoms with Gasteiger partial charge in [0, 0.05) is 23.7 Å². The molecule has 0 spiro atoms. The molecule has 2 aromatic heterocycles. The Morgan fingerprint density at radius 3 is 2.69 bits per heavy atom. The molecule has 1 amide bonds. The van der Waals surface area contributed by atoms with Crippen molar-refractivity contribution in [2.24, 2.45) is 0 Å². The van der Waals surface area contributed by atoms with Gasteiger partial charge < -0.3 is 9.32 Å². The van der Waals surface area contributed by atoms with Gasteiger partial charge in [-0.1, -0.05) is 20.8 Å². The van der Waals surface area contributed by atoms with Crippen LogP contribution in [0.15, 0.2) is 22.7 Å². The van der Waals surface area contributed by atoms with Gasteiger partial charge in [-0.25, -0.2) is 9.97 Å². The molecule has 26 heavy (non-hydrogen) atoms. The van der Waals surface area contributed by atoms with E-state index in [0.717, 1.165) is 42.5 Å². The number of carbonyl (C=O) groups is 1. The minimum absolute atomic E-state index is 0.0759. The zero-order valence-electron chi connectivity index (χ0n) is 15.8. The zero-order valence-corrected chi connectivity index (χ0v) is 15.8. The van der Waals surface area contributed by atoms with Crippen LogP contribution in [0.25, 0.3) is 0 Å². The highest BCUT2D eigenvalue weighted by atomic mass is 16.4. The number of aromatic nitrogens is 2. The average Bonchev–Trinajstić information content (AvgIpc) is 3.33. The number of likely N-dealkylation sites (tertiary alicyclic amines) is 1. The molecular formula is C20H26N4O2. The van der Waals surface area contributed by atoms with E-state index < -0.39 is 0 Å². The van der Waals surface area contributed by atoms with Crippen LogP contribution in [0, 0.1) is 0 Å². The average molecular weight is 354 g/mol. The first-order chi connectivity index (χ1) is 12.4. The first kappa shape index (κ1) is 17.2. The number of hydrogen-bond acceptors (Lipinski definition) is 5. The first-order valence-electron chi connectivity index (χ1n) is 9.36. The van der Waals surface area contributed by atoms with Gasteiger partial charge in [0.05, 0.1) is 18.8 Å². The molecule has 0 radical (unpaired) electrons. The van der Waals surface area contributed by atoms with Gasteiger partial charge in [0.1, 0.15) is 11.6 Å². The highest BCUT2D eigenvalue weighted by Gasteiger charge is 2.29. The lowest BCUT2D eigenvalue weighted by Crippen LogP contribution is -2.25. The first-order valence-corrected chi connectivity index (χ1v) is 9.36. The number of furan rings is 1. The van der Waals surface area contributed by atoms with Crippen molar-refractivity contribution < 1.29 is 9.21 Å². The second kappa shape index (κ2) is 6.50. The van der Waals surface area contributed by atoms with Crippen LogP contribution in [0.1, 0.15) is 67.0 Å². The van der Waals surface area contributed by atoms with E-state index in [1.807, 2.05) is 12.3 Å². The molecule has 4 heterocycles. The van der Waals surface area contributed by atoms with E-state index in [2.05, 4.69) is 35.6 Å². The lowest BCUT2D eigenvalue weighted by atomic mass is 9.95. The molecule has 6 heteroatoms. The van der Waals surface area contributed by atoms with E-state index in [-0.39, 0.29) is 11.3 Å². The number of rotatable bonds is 3. The topological polar surface area (TPSA) is 62.5 Å². The van der Waals surface area contributed by atoms with Crippen LogP contribution in [0.2, 0.25) is 0 Å². The molecule has 0 aliphatic carbocycles. The lowest BCUT2D eigenvalue weighted by molar-refractivity contribution is 0.0714. The fraction of sp³-hybridized carbons (Fsp3) is 0.550. The summed E-state index contributed by atoms with van der Waals surface area (Å²) in [4.78, 5) is 26.1. The maximum Gasteiger partial charge on any atom is 0.290 e. The second-order valence-corrected chi connectivity index (χ2v) is 8.33. The summed E-state index contributed by atoms with van der Waals surface area (Å²) >= 11 is 0. The summed E-state index contributed by atoms with van der Waals surface area (Å²) in [6.45, 7) is 10.4. The van der Waals surface area contributed by atoms with E-state index in [0.29, 0.717) is 18.8 Å². The normalized spacial score (nSPS) is 17.7. The van der Waals surface area contributed by atoms with Gasteiger partial charge in [0.15, 0.2) is 5.76 Å². The summed E-state index contributed by atoms with van der Waals surface area (Å²) in [6.07, 6.45) is 4.35. The molecule has 0 N–H and O–H groups in total. The maximum atomic E-state index is 12.8. The molecule has 1 fully saturated rings. The van der Waals surface area contributed by atoms with Crippen LogP contribution in [0.5, 0.6) is 0 Å². The van der Waals surface area contributed by atoms with Crippen LogP contribution in [-0.2, 0) is 25.0 Å². The van der Waals surface area contributed by atoms with E-state index in [1.165, 1.54) is 12.8 Å². The van der Waals surface area contributed by atoms with Crippen molar-refractivity contribution in [3.63, 3.8) is 0 Å². The third-order valence-electron chi connectivity index (χ3n) is 5.06. The van der Waals surface area contributed by atoms with Crippen molar-refractivity contribution in [2.75, 3.05) is 13.1 Å². The molecule has 0 bridgehead atoms. The number of carbonyl (C=O) groups excluding carboxylic acids is 1. The summed E-state index contributed by atoms with van der Waals surface area (Å²) < 4.78 is 5.83. The summed E-state index contributed by atoms with van der Waals surface area (Å²) in [6, 6.07) is 3.72. The predicted octanol–water partition coefficient (Wildman–Crippen LogP) is 3.12. The summed E-state index contributed by atoms with van der Waals surface area (Å²) in [5.41, 5.74) is 1.87. The van der Waals surface area contributed by atoms with Crippen molar-refractivity contribution in [3.8, 4) is 0 Å². The van der Waals surface area contributed by atoms with Crippen molar-refractivity contribution in [3.05, 3.63) is 46.9 Å². The molecule has 0 atom stereocenters. The van der Waals surface area contributed by atoms with E-state index in [1.54, 1.807) is 11.0 Å². The zero-order chi connectivity index (χ0) is 18.3. The molecule has 2 aliphatic heterocycles. The largest absolute Gasteiger partial charge is 0.455 e. The summed E-state index contributed by atoms with van der Waals surface area (Å²) in [5, 5.41) is 0. The number of fused-ring (bicyclic) bond motifs is 1. The van der Waals surface area contributed by atoms with Crippen LogP contribution in [0.4, 0.5) is 0 Å². The monoisotopic (exact) mass is 354 g/mol. The van der Waals surface area contributed by atoms with Crippen molar-refractivity contribution in [2.45, 2.75) is 58.7 Å². The number of nitrogens with zero attached hydrogens (tertiary/aromatic N) is 4. The second-order valence-electron chi connectivity index (χ2n) is 8.33. The van der Waals surface area contributed by atoms with Gasteiger partial charge in [0.2, 0.25) is 0 Å². The maximum absolute atomic E-state index is 12.8. The minimum atomic E-state index is -0.0993. The Balaban J connectivity index is 1.45. The van der Waals surface area contributed by atoms with E-state index >= 15 is 0 Å². The summed E-state index contributed by atoms with van der Waals surface area (Å²) in [5.74, 6) is 2.02. The smallest absolute Gasteiger partial charge is 0.290 e. The van der Waals surface area contributed by atoms with Gasteiger partial charge in [0.25, 0.3) is 5.91 Å². The van der Waals surface area contributed by atoms with E-state index in [9.17, 15) is 4.79 Å². The molecule has 138 valence electrons. The van der Waals surface area contributed by atoms with Gasteiger partial charge >= 0.3 is 0 Å². The van der Waals surface area contributed by atoms with E-state index in [4.69, 9.17) is 4.42 Å². The van der Waals surface area contributed by atoms with Crippen molar-refractivity contribution >= 4 is 5.91 Å². The molecule has 1 saturated heterocycles. The molecule has 2 aromatic rings. The fourth-order valence-electron chi connectivity index (χ4n) is 3.55. The molecule has 6 nitrogen and oxygen atoms in total. The summed E-state index contributed by atoms with van der Waals surface area (Å²) in [7, 11) is 0. The van der Waals surface area contributed by atoms with Crippen LogP contribution >= 0.6 is 0 Å². The molecule has 0 unspecified atom stereocenters. The Morgan fingerprint density at radius 1 is 1.19 bits per heavy atom. The molecule has 2 aliphatic rings. The Labute approximate surface area is 154 Å². The quantitative estimate of drug-likeness (QED) is 0.847. The standard InChI is InChI=1S/C20H26N4O2/c1-20(2,3)19-21-10-14-11-24(13-16(14)22-19)18(25)17-7-6-15(26-17)12-23-8-4-5-9-23/h6-7,10H,4-5,8-9,11-13H2,1-3H3. The predicted molar refractivity (Wildman–Crippen MR) is 97.5 cm³/mol. The third-order valence-corrected chi connectivity index (χ3v) is 5.06. The highest BCUT2D eigenvalue weighted by Crippen LogP contribution is 2.26. The molecule has 0 aromatic carbocycles. The number of hydrogen-bond donors (Lipinski definition) is 0. The minimum Gasteiger partial charge on any atom is -0.455 e. The third kappa shape index (κ3) is 3.38. The lowest BCUT2D eigenvalue weighted by Gasteiger charge is -2.16. The molecular weight excluding hydrogens is 328 g/mol. The molecule has 0 saturated carbocycles. The fourth-order valence-corrected chi connectivity index (χ4v) is 3.55. The van der Waals surface area contributed by atoms with Gasteiger partial charge in [-0.05, 0) is 38.1 Å². The molecule has 4 rings (SSSR count). The number of amides is 1. The Morgan fingerprint density at radius 2 is 1.96 bits per heavy atom. The van der Waals surface area contributed by atoms with Crippen molar-refractivity contribution in [1.82, 2.24) is 19.8 Å². The van der Waals surface area contributed by atoms with Gasteiger partial charge in [-0.2, -0.15) is 0 Å². The van der Waals surface area contributed by atoms with Crippen LogP contribution < -0.4 is 0 Å². The SMILES string of the molecule is CC(C)(C)c1ncc2c(n1)CN(C(=O)c1ccc(CN3CCCC3)o1)C2. The van der Waals surface area contributed by atoms with Crippen LogP contribution in [0.3, 0.4) is 0 Å². The van der Waals surface area contributed by atoms with Crippen molar-refractivity contribution in [1.29, 1.82) is 0 Å².